The minimum atomic E-state index is -0.583. The lowest BCUT2D eigenvalue weighted by atomic mass is 9.98. The Morgan fingerprint density at radius 2 is 1.88 bits per heavy atom. The second-order valence-corrected chi connectivity index (χ2v) is 6.10. The molecule has 0 aliphatic carbocycles. The summed E-state index contributed by atoms with van der Waals surface area (Å²) in [5, 5.41) is 0. The lowest BCUT2D eigenvalue weighted by Crippen LogP contribution is -2.36. The van der Waals surface area contributed by atoms with Crippen LogP contribution in [0.5, 0.6) is 11.6 Å². The predicted molar refractivity (Wildman–Crippen MR) is 90.1 cm³/mol. The summed E-state index contributed by atoms with van der Waals surface area (Å²) in [4.78, 5) is 10.1. The fraction of sp³-hybridized carbons (Fsp3) is 0.444. The number of aryl methyl sites for hydroxylation is 1. The highest BCUT2D eigenvalue weighted by Crippen LogP contribution is 2.29. The van der Waals surface area contributed by atoms with Crippen LogP contribution in [0.3, 0.4) is 0 Å². The summed E-state index contributed by atoms with van der Waals surface area (Å²) < 4.78 is 38.2. The molecule has 134 valence electrons. The minimum absolute atomic E-state index is 0.216. The Hall–Kier alpha value is -2.44. The van der Waals surface area contributed by atoms with Gasteiger partial charge in [0.05, 0.1) is 19.4 Å². The topological polar surface area (TPSA) is 47.5 Å². The average molecular weight is 349 g/mol. The molecule has 0 spiro atoms. The lowest BCUT2D eigenvalue weighted by Gasteiger charge is -2.33. The molecule has 0 saturated carbocycles. The van der Waals surface area contributed by atoms with E-state index in [1.54, 1.807) is 25.1 Å². The third-order valence-electron chi connectivity index (χ3n) is 4.38. The number of hydrogen-bond acceptors (Lipinski definition) is 5. The standard InChI is InChI=1S/C18H21F2N3O2/c1-12-16(20)22-17(18(21-12)24-2)23-9-7-13(8-10-23)11-25-15-6-4-3-5-14(15)19/h3-6,13H,7-11H2,1-2H3. The van der Waals surface area contributed by atoms with Gasteiger partial charge >= 0.3 is 0 Å². The third kappa shape index (κ3) is 3.97. The molecule has 1 aliphatic heterocycles. The van der Waals surface area contributed by atoms with Gasteiger partial charge in [-0.15, -0.1) is 0 Å². The van der Waals surface area contributed by atoms with Crippen LogP contribution < -0.4 is 14.4 Å². The van der Waals surface area contributed by atoms with E-state index in [0.29, 0.717) is 37.3 Å². The molecular formula is C18H21F2N3O2. The number of para-hydroxylation sites is 1. The van der Waals surface area contributed by atoms with Crippen molar-refractivity contribution in [3.63, 3.8) is 0 Å². The van der Waals surface area contributed by atoms with E-state index in [-0.39, 0.29) is 17.3 Å². The molecule has 0 unspecified atom stereocenters. The molecule has 25 heavy (non-hydrogen) atoms. The van der Waals surface area contributed by atoms with Gasteiger partial charge in [-0.3, -0.25) is 0 Å². The van der Waals surface area contributed by atoms with Crippen molar-refractivity contribution in [2.24, 2.45) is 5.92 Å². The maximum absolute atomic E-state index is 13.8. The van der Waals surface area contributed by atoms with Crippen molar-refractivity contribution >= 4 is 5.82 Å². The number of rotatable bonds is 5. The van der Waals surface area contributed by atoms with Crippen molar-refractivity contribution in [3.8, 4) is 11.6 Å². The van der Waals surface area contributed by atoms with Crippen LogP contribution in [0, 0.1) is 24.6 Å². The Bertz CT molecular complexity index is 734. The van der Waals surface area contributed by atoms with Crippen LogP contribution in [0.4, 0.5) is 14.6 Å². The number of methoxy groups -OCH3 is 1. The van der Waals surface area contributed by atoms with Gasteiger partial charge in [-0.25, -0.2) is 9.37 Å². The summed E-state index contributed by atoms with van der Waals surface area (Å²) >= 11 is 0. The SMILES string of the molecule is COc1nc(C)c(F)nc1N1CCC(COc2ccccc2F)CC1. The molecular weight excluding hydrogens is 328 g/mol. The third-order valence-corrected chi connectivity index (χ3v) is 4.38. The van der Waals surface area contributed by atoms with Crippen LogP contribution in [0.25, 0.3) is 0 Å². The quantitative estimate of drug-likeness (QED) is 0.828. The number of aromatic nitrogens is 2. The Balaban J connectivity index is 1.59. The molecule has 2 heterocycles. The van der Waals surface area contributed by atoms with Gasteiger partial charge in [0, 0.05) is 13.1 Å². The van der Waals surface area contributed by atoms with Crippen LogP contribution in [-0.2, 0) is 0 Å². The summed E-state index contributed by atoms with van der Waals surface area (Å²) in [6.45, 7) is 3.40. The van der Waals surface area contributed by atoms with Gasteiger partial charge in [0.1, 0.15) is 0 Å². The fourth-order valence-corrected chi connectivity index (χ4v) is 2.89. The molecule has 3 rings (SSSR count). The first-order valence-corrected chi connectivity index (χ1v) is 8.29. The van der Waals surface area contributed by atoms with Crippen molar-refractivity contribution in [1.82, 2.24) is 9.97 Å². The van der Waals surface area contributed by atoms with Crippen molar-refractivity contribution in [2.45, 2.75) is 19.8 Å². The number of hydrogen-bond donors (Lipinski definition) is 0. The Morgan fingerprint density at radius 3 is 2.56 bits per heavy atom. The summed E-state index contributed by atoms with van der Waals surface area (Å²) in [5.74, 6) is 0.415. The molecule has 0 atom stereocenters. The first kappa shape index (κ1) is 17.4. The zero-order chi connectivity index (χ0) is 17.8. The molecule has 1 aromatic heterocycles. The van der Waals surface area contributed by atoms with E-state index >= 15 is 0 Å². The molecule has 0 bridgehead atoms. The van der Waals surface area contributed by atoms with Gasteiger partial charge < -0.3 is 14.4 Å². The van der Waals surface area contributed by atoms with Crippen molar-refractivity contribution in [3.05, 3.63) is 41.7 Å². The maximum atomic E-state index is 13.8. The zero-order valence-corrected chi connectivity index (χ0v) is 14.3. The highest BCUT2D eigenvalue weighted by atomic mass is 19.1. The van der Waals surface area contributed by atoms with Gasteiger partial charge in [0.2, 0.25) is 5.95 Å². The second kappa shape index (κ2) is 7.63. The van der Waals surface area contributed by atoms with Gasteiger partial charge in [-0.1, -0.05) is 12.1 Å². The maximum Gasteiger partial charge on any atom is 0.257 e. The van der Waals surface area contributed by atoms with Gasteiger partial charge in [0.25, 0.3) is 5.88 Å². The summed E-state index contributed by atoms with van der Waals surface area (Å²) in [5.41, 5.74) is 0.216. The van der Waals surface area contributed by atoms with Crippen molar-refractivity contribution < 1.29 is 18.3 Å². The van der Waals surface area contributed by atoms with Gasteiger partial charge in [-0.05, 0) is 37.8 Å². The molecule has 0 radical (unpaired) electrons. The number of ether oxygens (including phenoxy) is 2. The van der Waals surface area contributed by atoms with Crippen LogP contribution in [0.15, 0.2) is 24.3 Å². The monoisotopic (exact) mass is 349 g/mol. The Labute approximate surface area is 145 Å². The molecule has 5 nitrogen and oxygen atoms in total. The normalized spacial score (nSPS) is 15.3. The number of benzene rings is 1. The largest absolute Gasteiger partial charge is 0.490 e. The van der Waals surface area contributed by atoms with E-state index in [1.807, 2.05) is 4.90 Å². The Kier molecular flexibility index (Phi) is 5.31. The van der Waals surface area contributed by atoms with E-state index in [4.69, 9.17) is 9.47 Å². The smallest absolute Gasteiger partial charge is 0.257 e. The summed E-state index contributed by atoms with van der Waals surface area (Å²) in [6.07, 6.45) is 1.68. The van der Waals surface area contributed by atoms with Crippen molar-refractivity contribution in [1.29, 1.82) is 0 Å². The Morgan fingerprint density at radius 1 is 1.16 bits per heavy atom. The van der Waals surface area contributed by atoms with Gasteiger partial charge in [-0.2, -0.15) is 9.37 Å². The molecule has 2 aromatic rings. The molecule has 0 amide bonds. The molecule has 1 aliphatic rings. The first-order chi connectivity index (χ1) is 12.1. The number of halogens is 2. The highest BCUT2D eigenvalue weighted by Gasteiger charge is 2.25. The van der Waals surface area contributed by atoms with E-state index in [2.05, 4.69) is 9.97 Å². The highest BCUT2D eigenvalue weighted by molar-refractivity contribution is 5.49. The molecule has 1 fully saturated rings. The molecule has 1 aromatic carbocycles. The molecule has 1 saturated heterocycles. The molecule has 7 heteroatoms. The summed E-state index contributed by atoms with van der Waals surface area (Å²) in [6, 6.07) is 6.39. The summed E-state index contributed by atoms with van der Waals surface area (Å²) in [7, 11) is 1.50. The number of piperidine rings is 1. The average Bonchev–Trinajstić information content (AvgIpc) is 2.63. The second-order valence-electron chi connectivity index (χ2n) is 6.10. The van der Waals surface area contributed by atoms with E-state index in [9.17, 15) is 8.78 Å². The first-order valence-electron chi connectivity index (χ1n) is 8.29. The van der Waals surface area contributed by atoms with Gasteiger partial charge in [0.15, 0.2) is 17.4 Å². The minimum Gasteiger partial charge on any atom is -0.490 e. The van der Waals surface area contributed by atoms with Crippen LogP contribution >= 0.6 is 0 Å². The predicted octanol–water partition coefficient (Wildman–Crippen LogP) is 3.37. The van der Waals surface area contributed by atoms with E-state index in [1.165, 1.54) is 13.2 Å². The van der Waals surface area contributed by atoms with Crippen LogP contribution in [0.2, 0.25) is 0 Å². The van der Waals surface area contributed by atoms with E-state index < -0.39 is 5.95 Å². The lowest BCUT2D eigenvalue weighted by molar-refractivity contribution is 0.215. The van der Waals surface area contributed by atoms with Crippen LogP contribution in [0.1, 0.15) is 18.5 Å². The number of anilines is 1. The zero-order valence-electron chi connectivity index (χ0n) is 14.3. The molecule has 0 N–H and O–H groups in total. The van der Waals surface area contributed by atoms with Crippen LogP contribution in [-0.4, -0.2) is 36.8 Å². The number of nitrogens with zero attached hydrogens (tertiary/aromatic N) is 3. The fourth-order valence-electron chi connectivity index (χ4n) is 2.89. The van der Waals surface area contributed by atoms with E-state index in [0.717, 1.165) is 12.8 Å². The van der Waals surface area contributed by atoms with Crippen molar-refractivity contribution in [2.75, 3.05) is 31.7 Å².